The molecule has 1 N–H and O–H groups in total. The van der Waals surface area contributed by atoms with Gasteiger partial charge in [-0.25, -0.2) is 13.4 Å². The van der Waals surface area contributed by atoms with Gasteiger partial charge in [-0.2, -0.15) is 0 Å². The number of nitrogens with zero attached hydrogens (tertiary/aromatic N) is 3. The highest BCUT2D eigenvalue weighted by molar-refractivity contribution is 8.00. The van der Waals surface area contributed by atoms with Crippen molar-refractivity contribution in [3.05, 3.63) is 69.0 Å². The number of nitro benzene ring substituents is 1. The third-order valence-electron chi connectivity index (χ3n) is 4.03. The summed E-state index contributed by atoms with van der Waals surface area (Å²) < 4.78 is 26.3. The minimum atomic E-state index is -3.88. The summed E-state index contributed by atoms with van der Waals surface area (Å²) in [7, 11) is -3.88. The molecule has 3 aromatic rings. The van der Waals surface area contributed by atoms with E-state index in [1.54, 1.807) is 24.3 Å². The maximum Gasteiger partial charge on any atom is 0.323 e. The van der Waals surface area contributed by atoms with Crippen LogP contribution in [0.5, 0.6) is 0 Å². The van der Waals surface area contributed by atoms with Crippen LogP contribution in [0.4, 0.5) is 5.69 Å². The van der Waals surface area contributed by atoms with Crippen molar-refractivity contribution in [2.75, 3.05) is 6.26 Å². The number of imidazole rings is 1. The van der Waals surface area contributed by atoms with Gasteiger partial charge in [0.1, 0.15) is 16.5 Å². The molecular formula is C18H14ClN3O6S. The molecule has 0 aliphatic rings. The number of hydrogen-bond acceptors (Lipinski definition) is 6. The van der Waals surface area contributed by atoms with Crippen LogP contribution in [-0.4, -0.2) is 40.2 Å². The number of carboxylic acid groups (broad SMARTS) is 1. The van der Waals surface area contributed by atoms with E-state index in [9.17, 15) is 28.4 Å². The lowest BCUT2D eigenvalue weighted by Gasteiger charge is -2.09. The van der Waals surface area contributed by atoms with Crippen LogP contribution in [0.1, 0.15) is 11.4 Å². The minimum absolute atomic E-state index is 0.0753. The third-order valence-corrected chi connectivity index (χ3v) is 5.45. The molecule has 9 nitrogen and oxygen atoms in total. The van der Waals surface area contributed by atoms with Crippen molar-refractivity contribution >= 4 is 55.1 Å². The van der Waals surface area contributed by atoms with Crippen molar-refractivity contribution in [1.82, 2.24) is 9.55 Å². The van der Waals surface area contributed by atoms with Crippen LogP contribution in [-0.2, 0) is 21.2 Å². The molecule has 1 aromatic heterocycles. The van der Waals surface area contributed by atoms with Crippen molar-refractivity contribution < 1.29 is 23.2 Å². The highest BCUT2D eigenvalue weighted by Gasteiger charge is 2.24. The molecular weight excluding hydrogens is 422 g/mol. The highest BCUT2D eigenvalue weighted by Crippen LogP contribution is 2.30. The summed E-state index contributed by atoms with van der Waals surface area (Å²) in [5.74, 6) is -1.25. The van der Waals surface area contributed by atoms with Gasteiger partial charge < -0.3 is 9.67 Å². The number of nitro groups is 1. The molecule has 0 saturated heterocycles. The molecule has 0 bridgehead atoms. The zero-order chi connectivity index (χ0) is 21.3. The van der Waals surface area contributed by atoms with E-state index < -0.39 is 27.3 Å². The molecule has 0 unspecified atom stereocenters. The van der Waals surface area contributed by atoms with Gasteiger partial charge in [0.05, 0.1) is 16.0 Å². The van der Waals surface area contributed by atoms with Crippen LogP contribution in [0.3, 0.4) is 0 Å². The van der Waals surface area contributed by atoms with E-state index in [2.05, 4.69) is 4.98 Å². The van der Waals surface area contributed by atoms with E-state index in [4.69, 9.17) is 11.6 Å². The maximum absolute atomic E-state index is 12.5. The Hall–Kier alpha value is -3.24. The van der Waals surface area contributed by atoms with Gasteiger partial charge in [0.2, 0.25) is 0 Å². The van der Waals surface area contributed by atoms with Crippen molar-refractivity contribution in [3.8, 4) is 0 Å². The van der Waals surface area contributed by atoms with Gasteiger partial charge >= 0.3 is 5.97 Å². The lowest BCUT2D eigenvalue weighted by atomic mass is 10.2. The van der Waals surface area contributed by atoms with E-state index in [1.807, 2.05) is 0 Å². The lowest BCUT2D eigenvalue weighted by molar-refractivity contribution is -0.384. The Bertz CT molecular complexity index is 1280. The van der Waals surface area contributed by atoms with Crippen molar-refractivity contribution in [2.24, 2.45) is 0 Å². The zero-order valence-electron chi connectivity index (χ0n) is 14.9. The van der Waals surface area contributed by atoms with Gasteiger partial charge in [0.15, 0.2) is 15.7 Å². The first kappa shape index (κ1) is 20.5. The molecule has 0 amide bonds. The number of benzene rings is 2. The number of fused-ring (bicyclic) bond motifs is 1. The fourth-order valence-corrected chi connectivity index (χ4v) is 3.83. The molecule has 0 aliphatic carbocycles. The molecule has 0 radical (unpaired) electrons. The number of aromatic nitrogens is 2. The molecule has 29 heavy (non-hydrogen) atoms. The number of aliphatic carboxylic acids is 1. The smallest absolute Gasteiger partial charge is 0.323 e. The Morgan fingerprint density at radius 1 is 1.31 bits per heavy atom. The number of rotatable bonds is 6. The summed E-state index contributed by atoms with van der Waals surface area (Å²) in [5.41, 5.74) is 0.685. The molecule has 0 spiro atoms. The number of carboxylic acids is 1. The predicted octanol–water partition coefficient (Wildman–Crippen LogP) is 3.23. The summed E-state index contributed by atoms with van der Waals surface area (Å²) in [6.45, 7) is -0.510. The Balaban J connectivity index is 2.29. The maximum atomic E-state index is 12.5. The third kappa shape index (κ3) is 4.28. The molecule has 2 aromatic carbocycles. The fraction of sp³-hybridized carbons (Fsp3) is 0.111. The Morgan fingerprint density at radius 2 is 2.00 bits per heavy atom. The molecule has 150 valence electrons. The standard InChI is InChI=1S/C18H14ClN3O6S/c1-29(27,28)16(9-11-6-7-12(19)15(8-11)22(25)26)18-20-13-4-2-3-5-14(13)21(18)10-17(23)24/h2-9H,10H2,1H3,(H,23,24)/b16-9+. The Labute approximate surface area is 169 Å². The molecule has 0 saturated carbocycles. The number of carbonyl (C=O) groups is 1. The number of halogens is 1. The summed E-state index contributed by atoms with van der Waals surface area (Å²) in [5, 5.41) is 20.3. The number of hydrogen-bond donors (Lipinski definition) is 1. The fourth-order valence-electron chi connectivity index (χ4n) is 2.81. The van der Waals surface area contributed by atoms with Gasteiger partial charge in [-0.05, 0) is 29.8 Å². The van der Waals surface area contributed by atoms with E-state index in [-0.39, 0.29) is 27.0 Å². The first-order chi connectivity index (χ1) is 13.6. The molecule has 11 heteroatoms. The molecule has 0 aliphatic heterocycles. The van der Waals surface area contributed by atoms with Crippen molar-refractivity contribution in [3.63, 3.8) is 0 Å². The van der Waals surface area contributed by atoms with Crippen LogP contribution >= 0.6 is 11.6 Å². The average molecular weight is 436 g/mol. The monoisotopic (exact) mass is 435 g/mol. The van der Waals surface area contributed by atoms with Crippen LogP contribution in [0.2, 0.25) is 5.02 Å². The predicted molar refractivity (Wildman–Crippen MR) is 108 cm³/mol. The molecule has 0 fully saturated rings. The topological polar surface area (TPSA) is 132 Å². The van der Waals surface area contributed by atoms with E-state index in [0.29, 0.717) is 11.0 Å². The quantitative estimate of drug-likeness (QED) is 0.464. The zero-order valence-corrected chi connectivity index (χ0v) is 16.5. The summed E-state index contributed by atoms with van der Waals surface area (Å²) >= 11 is 5.81. The molecule has 1 heterocycles. The normalized spacial score (nSPS) is 12.3. The summed E-state index contributed by atoms with van der Waals surface area (Å²) in [6, 6.07) is 10.5. The second kappa shape index (κ2) is 7.64. The summed E-state index contributed by atoms with van der Waals surface area (Å²) in [6.07, 6.45) is 2.16. The van der Waals surface area contributed by atoms with Gasteiger partial charge in [-0.1, -0.05) is 29.8 Å². The second-order valence-corrected chi connectivity index (χ2v) is 8.54. The number of para-hydroxylation sites is 2. The molecule has 0 atom stereocenters. The second-order valence-electron chi connectivity index (χ2n) is 6.15. The van der Waals surface area contributed by atoms with Crippen molar-refractivity contribution in [1.29, 1.82) is 0 Å². The Kier molecular flexibility index (Phi) is 5.40. The summed E-state index contributed by atoms with van der Waals surface area (Å²) in [4.78, 5) is 25.8. The number of sulfone groups is 1. The first-order valence-electron chi connectivity index (χ1n) is 8.11. The van der Waals surface area contributed by atoms with Gasteiger partial charge in [-0.15, -0.1) is 0 Å². The first-order valence-corrected chi connectivity index (χ1v) is 10.4. The lowest BCUT2D eigenvalue weighted by Crippen LogP contribution is -2.14. The average Bonchev–Trinajstić information content (AvgIpc) is 2.97. The highest BCUT2D eigenvalue weighted by atomic mass is 35.5. The van der Waals surface area contributed by atoms with Crippen molar-refractivity contribution in [2.45, 2.75) is 6.54 Å². The van der Waals surface area contributed by atoms with Gasteiger partial charge in [0.25, 0.3) is 5.69 Å². The van der Waals surface area contributed by atoms with Crippen LogP contribution in [0.25, 0.3) is 22.0 Å². The van der Waals surface area contributed by atoms with E-state index in [1.165, 1.54) is 22.8 Å². The van der Waals surface area contributed by atoms with E-state index in [0.717, 1.165) is 12.3 Å². The van der Waals surface area contributed by atoms with E-state index >= 15 is 0 Å². The largest absolute Gasteiger partial charge is 0.480 e. The van der Waals surface area contributed by atoms with Crippen LogP contribution in [0.15, 0.2) is 42.5 Å². The van der Waals surface area contributed by atoms with Gasteiger partial charge in [-0.3, -0.25) is 14.9 Å². The Morgan fingerprint density at radius 3 is 2.62 bits per heavy atom. The molecule has 3 rings (SSSR count). The SMILES string of the molecule is CS(=O)(=O)/C(=C/c1ccc(Cl)c([N+](=O)[O-])c1)c1nc2ccccc2n1CC(=O)O. The van der Waals surface area contributed by atoms with Gasteiger partial charge in [0, 0.05) is 12.3 Å². The minimum Gasteiger partial charge on any atom is -0.480 e. The van der Waals surface area contributed by atoms with Crippen LogP contribution < -0.4 is 0 Å². The van der Waals surface area contributed by atoms with Crippen LogP contribution in [0, 0.1) is 10.1 Å².